The van der Waals surface area contributed by atoms with Crippen LogP contribution in [-0.2, 0) is 43.2 Å². The van der Waals surface area contributed by atoms with Gasteiger partial charge in [-0.1, -0.05) is 91.0 Å². The van der Waals surface area contributed by atoms with Crippen molar-refractivity contribution in [2.24, 2.45) is 0 Å². The summed E-state index contributed by atoms with van der Waals surface area (Å²) in [5, 5.41) is 105. The van der Waals surface area contributed by atoms with Crippen molar-refractivity contribution in [3.05, 3.63) is 108 Å². The van der Waals surface area contributed by atoms with Crippen LogP contribution in [0, 0.1) is 39.9 Å². The summed E-state index contributed by atoms with van der Waals surface area (Å²) in [6, 6.07) is 21.2. The molecule has 0 aromatic heterocycles. The molecule has 6 N–H and O–H groups in total. The van der Waals surface area contributed by atoms with Crippen LogP contribution in [-0.4, -0.2) is 172 Å². The average molecular weight is 1010 g/mol. The molecule has 0 saturated carbocycles. The van der Waals surface area contributed by atoms with Crippen molar-refractivity contribution in [2.45, 2.75) is 61.8 Å². The normalized spacial score (nSPS) is 14.5. The molecular formula is C42H54GdN4O15-. The van der Waals surface area contributed by atoms with Crippen LogP contribution in [0.5, 0.6) is 0 Å². The molecule has 0 aliphatic rings. The molecule has 341 valence electrons. The molecule has 7 atom stereocenters. The van der Waals surface area contributed by atoms with E-state index >= 15 is 0 Å². The van der Waals surface area contributed by atoms with Gasteiger partial charge in [-0.2, -0.15) is 0 Å². The second-order valence-corrected chi connectivity index (χ2v) is 14.0. The van der Waals surface area contributed by atoms with E-state index in [0.717, 1.165) is 9.80 Å². The summed E-state index contributed by atoms with van der Waals surface area (Å²) < 4.78 is 0. The summed E-state index contributed by atoms with van der Waals surface area (Å²) in [6.45, 7) is -0.132. The van der Waals surface area contributed by atoms with Crippen molar-refractivity contribution in [2.75, 3.05) is 52.4 Å². The Bertz CT molecular complexity index is 1720. The van der Waals surface area contributed by atoms with Gasteiger partial charge in [0.15, 0.2) is 6.54 Å². The van der Waals surface area contributed by atoms with Crippen LogP contribution in [0.1, 0.15) is 18.1 Å². The number of hydrogen-bond donors (Lipinski definition) is 6. The smallest absolute Gasteiger partial charge is 0.549 e. The van der Waals surface area contributed by atoms with Gasteiger partial charge >= 0.3 is 39.9 Å². The number of hydrogen-bond acceptors (Lipinski definition) is 18. The molecule has 62 heavy (non-hydrogen) atoms. The van der Waals surface area contributed by atoms with Gasteiger partial charge < -0.3 is 75.0 Å². The standard InChI is InChI=1S/C35H41N3O10.C7H15NO5.Gd.H2/c39-31(40)23-37(29(34(45)46)21-26-12-6-2-7-13-26)18-16-36(28(33(43)44)20-25-10-4-1-5-11-25)17-19-38(24-32(41)42)30(35(47)48)22-27-14-8-3-9-15-27;1-8-2-4(10)6(12)7(13)5(11)3-9;;/h1-15,28-30H,16-24H2,(H,39,40)(H,41,42)(H,43,44)(H,45,46)(H,47,48);4-7,9-13H,1-3H2;;1H/q;;+3;/p-4/t28-,29-,30-;;;/m0.../s1. The van der Waals surface area contributed by atoms with Gasteiger partial charge in [0, 0.05) is 40.7 Å². The van der Waals surface area contributed by atoms with E-state index in [4.69, 9.17) is 20.4 Å². The third-order valence-corrected chi connectivity index (χ3v) is 9.65. The summed E-state index contributed by atoms with van der Waals surface area (Å²) in [5.41, 5.74) is 1.80. The number of aliphatic hydroxyl groups is 5. The number of carbonyl (C=O) groups excluding carboxylic acids is 5. The van der Waals surface area contributed by atoms with E-state index in [1.165, 1.54) is 4.90 Å². The summed E-state index contributed by atoms with van der Waals surface area (Å²) in [5.74, 6) is -7.74. The first-order valence-corrected chi connectivity index (χ1v) is 19.2. The molecule has 0 heterocycles. The minimum Gasteiger partial charge on any atom is -0.549 e. The molecule has 19 nitrogen and oxygen atoms in total. The van der Waals surface area contributed by atoms with Crippen molar-refractivity contribution in [1.29, 1.82) is 0 Å². The van der Waals surface area contributed by atoms with Gasteiger partial charge in [-0.05, 0) is 36.0 Å². The molecule has 20 heteroatoms. The van der Waals surface area contributed by atoms with Gasteiger partial charge in [0.1, 0.15) is 31.1 Å². The van der Waals surface area contributed by atoms with Crippen molar-refractivity contribution in [3.63, 3.8) is 0 Å². The molecule has 1 radical (unpaired) electrons. The Kier molecular flexibility index (Phi) is 26.9. The number of rotatable bonds is 28. The molecule has 0 bridgehead atoms. The van der Waals surface area contributed by atoms with Crippen molar-refractivity contribution in [3.8, 4) is 0 Å². The van der Waals surface area contributed by atoms with E-state index in [9.17, 15) is 54.6 Å². The maximum atomic E-state index is 12.6. The Morgan fingerprint density at radius 2 is 0.823 bits per heavy atom. The second kappa shape index (κ2) is 29.9. The van der Waals surface area contributed by atoms with E-state index in [1.807, 2.05) is 0 Å². The van der Waals surface area contributed by atoms with E-state index in [1.54, 1.807) is 91.0 Å². The molecule has 3 aromatic carbocycles. The maximum absolute atomic E-state index is 12.6. The van der Waals surface area contributed by atoms with Gasteiger partial charge in [-0.25, -0.2) is 0 Å². The molecule has 3 aromatic rings. The molecule has 4 unspecified atom stereocenters. The number of aliphatic hydroxyl groups excluding tert-OH is 5. The quantitative estimate of drug-likeness (QED) is 0.0368. The fraction of sp³-hybridized carbons (Fsp3) is 0.429. The molecule has 0 aliphatic heterocycles. The van der Waals surface area contributed by atoms with Gasteiger partial charge in [0.25, 0.3) is 0 Å². The predicted octanol–water partition coefficient (Wildman–Crippen LogP) is -9.07. The first-order valence-electron chi connectivity index (χ1n) is 19.2. The zero-order chi connectivity index (χ0) is 45.5. The summed E-state index contributed by atoms with van der Waals surface area (Å²) >= 11 is 0. The Hall–Kier alpha value is -4.32. The fourth-order valence-corrected chi connectivity index (χ4v) is 6.39. The molecule has 0 saturated heterocycles. The Labute approximate surface area is 392 Å². The van der Waals surface area contributed by atoms with Gasteiger partial charge in [0.2, 0.25) is 0 Å². The van der Waals surface area contributed by atoms with Crippen molar-refractivity contribution in [1.82, 2.24) is 14.7 Å². The van der Waals surface area contributed by atoms with E-state index in [0.29, 0.717) is 16.7 Å². The molecule has 0 amide bonds. The zero-order valence-corrected chi connectivity index (χ0v) is 36.0. The second-order valence-electron chi connectivity index (χ2n) is 14.0. The number of aliphatic carboxylic acids is 5. The minimum absolute atomic E-state index is 0. The van der Waals surface area contributed by atoms with Crippen LogP contribution < -0.4 is 30.5 Å². The SMILES string of the molecule is C=[NH+]CC(O)C(O)C(O)C(O)CO.O=C([O-])CN(CCN(CCN(CC(=O)[O-])[C@@H](Cc1ccccc1)C(=O)[O-])[C@@H](Cc1ccccc1)C(=O)[O-])[C@@H](Cc1ccccc1)C(=O)[O-].[Gd+3].[HH]. The topological polar surface area (TPSA) is 325 Å². The van der Waals surface area contributed by atoms with Crippen LogP contribution in [0.25, 0.3) is 0 Å². The monoisotopic (exact) mass is 1010 g/mol. The van der Waals surface area contributed by atoms with Crippen LogP contribution in [0.4, 0.5) is 0 Å². The van der Waals surface area contributed by atoms with Gasteiger partial charge in [-0.3, -0.25) is 19.7 Å². The van der Waals surface area contributed by atoms with Gasteiger partial charge in [-0.15, -0.1) is 0 Å². The Balaban J connectivity index is 0.00000222. The third kappa shape index (κ3) is 20.2. The number of nitrogens with zero attached hydrogens (tertiary/aromatic N) is 3. The largest absolute Gasteiger partial charge is 3.00 e. The van der Waals surface area contributed by atoms with E-state index in [2.05, 4.69) is 11.7 Å². The average Bonchev–Trinajstić information content (AvgIpc) is 3.23. The third-order valence-electron chi connectivity index (χ3n) is 9.65. The van der Waals surface area contributed by atoms with Crippen molar-refractivity contribution < 1.29 is 121 Å². The summed E-state index contributed by atoms with van der Waals surface area (Å²) in [6.07, 6.45) is -6.10. The van der Waals surface area contributed by atoms with Crippen LogP contribution in [0.2, 0.25) is 0 Å². The Morgan fingerprint density at radius 3 is 1.10 bits per heavy atom. The zero-order valence-electron chi connectivity index (χ0n) is 33.7. The fourth-order valence-electron chi connectivity index (χ4n) is 6.39. The predicted molar refractivity (Wildman–Crippen MR) is 208 cm³/mol. The first-order chi connectivity index (χ1) is 29.0. The van der Waals surface area contributed by atoms with E-state index in [-0.39, 0.29) is 93.4 Å². The molecule has 3 rings (SSSR count). The Morgan fingerprint density at radius 1 is 0.532 bits per heavy atom. The molecule has 0 aliphatic carbocycles. The number of benzene rings is 3. The number of carboxylic acid groups (broad SMARTS) is 5. The minimum atomic E-state index is -1.58. The molecule has 0 fully saturated rings. The van der Waals surface area contributed by atoms with Crippen LogP contribution in [0.15, 0.2) is 91.0 Å². The van der Waals surface area contributed by atoms with Crippen LogP contribution in [0.3, 0.4) is 0 Å². The van der Waals surface area contributed by atoms with Crippen molar-refractivity contribution >= 4 is 36.6 Å². The number of nitrogens with one attached hydrogen (secondary N) is 1. The van der Waals surface area contributed by atoms with Crippen LogP contribution >= 0.6 is 0 Å². The van der Waals surface area contributed by atoms with E-state index < -0.39 is 92.1 Å². The van der Waals surface area contributed by atoms with Gasteiger partial charge in [0.05, 0.1) is 54.6 Å². The summed E-state index contributed by atoms with van der Waals surface area (Å²) in [4.78, 5) is 66.4. The number of carbonyl (C=O) groups is 5. The maximum Gasteiger partial charge on any atom is 3.00 e. The summed E-state index contributed by atoms with van der Waals surface area (Å²) in [7, 11) is 0. The number of carboxylic acids is 5. The first kappa shape index (κ1) is 55.7. The molecule has 0 spiro atoms. The molecular weight excluding hydrogens is 958 g/mol.